The van der Waals surface area contributed by atoms with Crippen molar-refractivity contribution < 1.29 is 18.5 Å². The molecule has 21 heavy (non-hydrogen) atoms. The summed E-state index contributed by atoms with van der Waals surface area (Å²) < 4.78 is 22.7. The molecule has 3 atom stereocenters. The van der Waals surface area contributed by atoms with Crippen LogP contribution in [0.2, 0.25) is 0 Å². The second-order valence-corrected chi connectivity index (χ2v) is 6.95. The first-order valence-electron chi connectivity index (χ1n) is 7.32. The van der Waals surface area contributed by atoms with E-state index in [1.54, 1.807) is 6.92 Å². The minimum absolute atomic E-state index is 0.0957. The summed E-state index contributed by atoms with van der Waals surface area (Å²) in [5, 5.41) is 0. The molecule has 0 N–H and O–H groups in total. The van der Waals surface area contributed by atoms with Crippen LogP contribution in [0, 0.1) is 5.92 Å². The minimum atomic E-state index is -1.03. The molecule has 1 aromatic rings. The van der Waals surface area contributed by atoms with Crippen molar-refractivity contribution in [3.05, 3.63) is 35.9 Å². The zero-order chi connectivity index (χ0) is 15.1. The fourth-order valence-corrected chi connectivity index (χ4v) is 3.78. The Labute approximate surface area is 128 Å². The lowest BCUT2D eigenvalue weighted by Gasteiger charge is -2.13. The van der Waals surface area contributed by atoms with E-state index < -0.39 is 10.8 Å². The highest BCUT2D eigenvalue weighted by molar-refractivity contribution is 7.85. The zero-order valence-corrected chi connectivity index (χ0v) is 13.1. The van der Waals surface area contributed by atoms with Crippen LogP contribution in [0.15, 0.2) is 30.3 Å². The quantitative estimate of drug-likeness (QED) is 0.725. The molecule has 1 aliphatic heterocycles. The van der Waals surface area contributed by atoms with Gasteiger partial charge in [-0.1, -0.05) is 37.3 Å². The van der Waals surface area contributed by atoms with Gasteiger partial charge in [0.15, 0.2) is 0 Å². The molecule has 3 unspecified atom stereocenters. The molecule has 0 bridgehead atoms. The van der Waals surface area contributed by atoms with Crippen LogP contribution in [-0.4, -0.2) is 34.4 Å². The minimum Gasteiger partial charge on any atom is -0.461 e. The summed E-state index contributed by atoms with van der Waals surface area (Å²) in [4.78, 5) is 11.9. The Bertz CT molecular complexity index is 468. The van der Waals surface area contributed by atoms with Gasteiger partial charge in [0.25, 0.3) is 0 Å². The lowest BCUT2D eigenvalue weighted by molar-refractivity contribution is -0.148. The fraction of sp³-hybridized carbons (Fsp3) is 0.562. The predicted octanol–water partition coefficient (Wildman–Crippen LogP) is 2.29. The number of rotatable bonds is 7. The first-order valence-corrected chi connectivity index (χ1v) is 8.81. The van der Waals surface area contributed by atoms with Crippen LogP contribution in [0.5, 0.6) is 0 Å². The van der Waals surface area contributed by atoms with Gasteiger partial charge in [-0.2, -0.15) is 0 Å². The van der Waals surface area contributed by atoms with Crippen LogP contribution in [-0.2, 0) is 31.7 Å². The van der Waals surface area contributed by atoms with Crippen molar-refractivity contribution in [2.24, 2.45) is 5.92 Å². The molecule has 2 rings (SSSR count). The average molecular weight is 310 g/mol. The average Bonchev–Trinajstić information content (AvgIpc) is 2.98. The van der Waals surface area contributed by atoms with E-state index in [0.717, 1.165) is 25.0 Å². The van der Waals surface area contributed by atoms with E-state index in [4.69, 9.17) is 9.47 Å². The molecule has 116 valence electrons. The number of carbonyl (C=O) groups excluding carboxylic acids is 1. The number of benzene rings is 1. The Morgan fingerprint density at radius 2 is 2.19 bits per heavy atom. The molecule has 0 amide bonds. The SMILES string of the molecule is CC(CS(=O)CC1CCCO1)C(=O)OCc1ccccc1. The number of esters is 1. The summed E-state index contributed by atoms with van der Waals surface area (Å²) in [6, 6.07) is 9.55. The smallest absolute Gasteiger partial charge is 0.309 e. The molecule has 1 saturated heterocycles. The van der Waals surface area contributed by atoms with E-state index in [0.29, 0.717) is 11.5 Å². The third-order valence-electron chi connectivity index (χ3n) is 3.46. The third kappa shape index (κ3) is 5.59. The number of ether oxygens (including phenoxy) is 2. The van der Waals surface area contributed by atoms with Gasteiger partial charge >= 0.3 is 5.97 Å². The fourth-order valence-electron chi connectivity index (χ4n) is 2.27. The normalized spacial score (nSPS) is 20.9. The van der Waals surface area contributed by atoms with Crippen molar-refractivity contribution >= 4 is 16.8 Å². The predicted molar refractivity (Wildman–Crippen MR) is 82.3 cm³/mol. The van der Waals surface area contributed by atoms with Crippen LogP contribution < -0.4 is 0 Å². The van der Waals surface area contributed by atoms with Gasteiger partial charge in [-0.3, -0.25) is 9.00 Å². The number of hydrogen-bond donors (Lipinski definition) is 0. The summed E-state index contributed by atoms with van der Waals surface area (Å²) in [5.74, 6) is 0.222. The molecule has 1 aliphatic rings. The Morgan fingerprint density at radius 1 is 1.43 bits per heavy atom. The first-order chi connectivity index (χ1) is 10.1. The zero-order valence-electron chi connectivity index (χ0n) is 12.3. The lowest BCUT2D eigenvalue weighted by Crippen LogP contribution is -2.25. The van der Waals surface area contributed by atoms with Crippen LogP contribution in [0.4, 0.5) is 0 Å². The lowest BCUT2D eigenvalue weighted by atomic mass is 10.2. The largest absolute Gasteiger partial charge is 0.461 e. The molecule has 1 heterocycles. The highest BCUT2D eigenvalue weighted by Gasteiger charge is 2.22. The van der Waals surface area contributed by atoms with Crippen molar-refractivity contribution in [2.45, 2.75) is 32.5 Å². The summed E-state index contributed by atoms with van der Waals surface area (Å²) in [6.45, 7) is 2.79. The molecule has 0 aromatic heterocycles. The Kier molecular flexibility index (Phi) is 6.39. The summed E-state index contributed by atoms with van der Waals surface area (Å²) >= 11 is 0. The number of carbonyl (C=O) groups is 1. The summed E-state index contributed by atoms with van der Waals surface area (Å²) in [7, 11) is -1.03. The maximum atomic E-state index is 12.0. The Morgan fingerprint density at radius 3 is 2.86 bits per heavy atom. The maximum absolute atomic E-state index is 12.0. The van der Waals surface area contributed by atoms with Gasteiger partial charge < -0.3 is 9.47 Å². The van der Waals surface area contributed by atoms with Crippen molar-refractivity contribution in [3.8, 4) is 0 Å². The van der Waals surface area contributed by atoms with Gasteiger partial charge in [0.2, 0.25) is 0 Å². The van der Waals surface area contributed by atoms with Gasteiger partial charge in [-0.15, -0.1) is 0 Å². The van der Waals surface area contributed by atoms with Gasteiger partial charge in [0.1, 0.15) is 6.61 Å². The van der Waals surface area contributed by atoms with Gasteiger partial charge in [-0.25, -0.2) is 0 Å². The van der Waals surface area contributed by atoms with Crippen molar-refractivity contribution in [3.63, 3.8) is 0 Å². The molecule has 1 fully saturated rings. The highest BCUT2D eigenvalue weighted by Crippen LogP contribution is 2.14. The van der Waals surface area contributed by atoms with Gasteiger partial charge in [0, 0.05) is 28.9 Å². The molecular weight excluding hydrogens is 288 g/mol. The molecule has 0 radical (unpaired) electrons. The summed E-state index contributed by atoms with van der Waals surface area (Å²) in [6.07, 6.45) is 2.10. The molecule has 1 aromatic carbocycles. The standard InChI is InChI=1S/C16H22O4S/c1-13(11-21(18)12-15-8-5-9-19-15)16(17)20-10-14-6-3-2-4-7-14/h2-4,6-7,13,15H,5,8-12H2,1H3. The second kappa shape index (κ2) is 8.29. The van der Waals surface area contributed by atoms with E-state index in [2.05, 4.69) is 0 Å². The summed E-state index contributed by atoms with van der Waals surface area (Å²) in [5.41, 5.74) is 0.957. The van der Waals surface area contributed by atoms with E-state index in [9.17, 15) is 9.00 Å². The monoisotopic (exact) mass is 310 g/mol. The molecular formula is C16H22O4S. The van der Waals surface area contributed by atoms with Crippen LogP contribution in [0.25, 0.3) is 0 Å². The molecule has 5 heteroatoms. The van der Waals surface area contributed by atoms with Crippen LogP contribution in [0.3, 0.4) is 0 Å². The molecule has 0 aliphatic carbocycles. The molecule has 0 spiro atoms. The van der Waals surface area contributed by atoms with E-state index in [1.165, 1.54) is 0 Å². The van der Waals surface area contributed by atoms with E-state index in [-0.39, 0.29) is 24.6 Å². The van der Waals surface area contributed by atoms with E-state index >= 15 is 0 Å². The molecule has 0 saturated carbocycles. The van der Waals surface area contributed by atoms with Crippen molar-refractivity contribution in [2.75, 3.05) is 18.1 Å². The number of hydrogen-bond acceptors (Lipinski definition) is 4. The third-order valence-corrected chi connectivity index (χ3v) is 5.07. The Balaban J connectivity index is 1.70. The highest BCUT2D eigenvalue weighted by atomic mass is 32.2. The van der Waals surface area contributed by atoms with Crippen LogP contribution >= 0.6 is 0 Å². The van der Waals surface area contributed by atoms with Crippen LogP contribution in [0.1, 0.15) is 25.3 Å². The van der Waals surface area contributed by atoms with Gasteiger partial charge in [-0.05, 0) is 18.4 Å². The molecule has 4 nitrogen and oxygen atoms in total. The Hall–Kier alpha value is -1.20. The van der Waals surface area contributed by atoms with Crippen molar-refractivity contribution in [1.29, 1.82) is 0 Å². The maximum Gasteiger partial charge on any atom is 0.309 e. The second-order valence-electron chi connectivity index (χ2n) is 5.40. The topological polar surface area (TPSA) is 52.6 Å². The van der Waals surface area contributed by atoms with Gasteiger partial charge in [0.05, 0.1) is 12.0 Å². The van der Waals surface area contributed by atoms with Crippen molar-refractivity contribution in [1.82, 2.24) is 0 Å². The first kappa shape index (κ1) is 16.2. The van der Waals surface area contributed by atoms with E-state index in [1.807, 2.05) is 30.3 Å².